The lowest BCUT2D eigenvalue weighted by Gasteiger charge is -2.38. The lowest BCUT2D eigenvalue weighted by Crippen LogP contribution is -2.50. The quantitative estimate of drug-likeness (QED) is 0.682. The third-order valence-electron chi connectivity index (χ3n) is 4.29. The SMILES string of the molecule is CC1(C)CNCC2(CC2)CN1C1CC1. The number of nitrogens with zero attached hydrogens (tertiary/aromatic N) is 1. The van der Waals surface area contributed by atoms with Crippen LogP contribution >= 0.6 is 0 Å². The van der Waals surface area contributed by atoms with Gasteiger partial charge in [0.2, 0.25) is 0 Å². The van der Waals surface area contributed by atoms with Crippen molar-refractivity contribution in [2.45, 2.75) is 51.1 Å². The fourth-order valence-corrected chi connectivity index (χ4v) is 2.89. The van der Waals surface area contributed by atoms with Gasteiger partial charge in [0.15, 0.2) is 0 Å². The molecule has 0 unspecified atom stereocenters. The minimum atomic E-state index is 0.382. The van der Waals surface area contributed by atoms with Crippen LogP contribution in [-0.4, -0.2) is 36.1 Å². The fraction of sp³-hybridized carbons (Fsp3) is 1.00. The average molecular weight is 194 g/mol. The van der Waals surface area contributed by atoms with Crippen LogP contribution in [0.2, 0.25) is 0 Å². The molecule has 14 heavy (non-hydrogen) atoms. The number of hydrogen-bond acceptors (Lipinski definition) is 2. The first-order valence-corrected chi connectivity index (χ1v) is 6.09. The third kappa shape index (κ3) is 1.49. The maximum absolute atomic E-state index is 3.66. The molecule has 0 amide bonds. The summed E-state index contributed by atoms with van der Waals surface area (Å²) in [5.74, 6) is 0. The van der Waals surface area contributed by atoms with Gasteiger partial charge in [-0.1, -0.05) is 0 Å². The maximum atomic E-state index is 3.66. The smallest absolute Gasteiger partial charge is 0.0280 e. The second-order valence-corrected chi connectivity index (χ2v) is 6.28. The van der Waals surface area contributed by atoms with Crippen LogP contribution in [0.3, 0.4) is 0 Å². The predicted molar refractivity (Wildman–Crippen MR) is 58.3 cm³/mol. The van der Waals surface area contributed by atoms with Crippen LogP contribution in [0.15, 0.2) is 0 Å². The highest BCUT2D eigenvalue weighted by molar-refractivity contribution is 5.06. The molecule has 3 aliphatic rings. The Bertz CT molecular complexity index is 239. The highest BCUT2D eigenvalue weighted by Gasteiger charge is 2.50. The van der Waals surface area contributed by atoms with E-state index < -0.39 is 0 Å². The monoisotopic (exact) mass is 194 g/mol. The van der Waals surface area contributed by atoms with Gasteiger partial charge in [0, 0.05) is 31.2 Å². The van der Waals surface area contributed by atoms with E-state index in [1.165, 1.54) is 45.3 Å². The van der Waals surface area contributed by atoms with Gasteiger partial charge in [-0.2, -0.15) is 0 Å². The molecule has 0 aromatic heterocycles. The van der Waals surface area contributed by atoms with Gasteiger partial charge in [-0.05, 0) is 44.9 Å². The standard InChI is InChI=1S/C12H22N2/c1-11(2)7-13-8-12(5-6-12)9-14(11)10-3-4-10/h10,13H,3-9H2,1-2H3. The van der Waals surface area contributed by atoms with E-state index in [1.807, 2.05) is 0 Å². The van der Waals surface area contributed by atoms with Crippen LogP contribution in [0.25, 0.3) is 0 Å². The number of rotatable bonds is 1. The van der Waals surface area contributed by atoms with Gasteiger partial charge < -0.3 is 5.32 Å². The van der Waals surface area contributed by atoms with Crippen molar-refractivity contribution in [3.05, 3.63) is 0 Å². The summed E-state index contributed by atoms with van der Waals surface area (Å²) in [7, 11) is 0. The summed E-state index contributed by atoms with van der Waals surface area (Å²) in [6.45, 7) is 8.60. The van der Waals surface area contributed by atoms with Gasteiger partial charge in [0.05, 0.1) is 0 Å². The number of hydrogen-bond donors (Lipinski definition) is 1. The van der Waals surface area contributed by atoms with E-state index in [1.54, 1.807) is 0 Å². The van der Waals surface area contributed by atoms with Gasteiger partial charge in [0.25, 0.3) is 0 Å². The van der Waals surface area contributed by atoms with Crippen molar-refractivity contribution in [3.8, 4) is 0 Å². The molecular weight excluding hydrogens is 172 g/mol. The molecule has 3 fully saturated rings. The van der Waals surface area contributed by atoms with Crippen LogP contribution in [-0.2, 0) is 0 Å². The first kappa shape index (κ1) is 9.17. The Morgan fingerprint density at radius 1 is 1.14 bits per heavy atom. The zero-order valence-corrected chi connectivity index (χ0v) is 9.47. The summed E-state index contributed by atoms with van der Waals surface area (Å²) in [4.78, 5) is 2.79. The Morgan fingerprint density at radius 3 is 2.43 bits per heavy atom. The van der Waals surface area contributed by atoms with Crippen LogP contribution in [0, 0.1) is 5.41 Å². The van der Waals surface area contributed by atoms with Crippen LogP contribution < -0.4 is 5.32 Å². The van der Waals surface area contributed by atoms with E-state index in [-0.39, 0.29) is 0 Å². The van der Waals surface area contributed by atoms with Crippen molar-refractivity contribution in [1.82, 2.24) is 10.2 Å². The molecule has 0 bridgehead atoms. The van der Waals surface area contributed by atoms with Crippen molar-refractivity contribution in [1.29, 1.82) is 0 Å². The summed E-state index contributed by atoms with van der Waals surface area (Å²) >= 11 is 0. The normalized spacial score (nSPS) is 35.6. The molecule has 2 heteroatoms. The zero-order valence-electron chi connectivity index (χ0n) is 9.47. The first-order chi connectivity index (χ1) is 6.61. The molecule has 1 N–H and O–H groups in total. The lowest BCUT2D eigenvalue weighted by molar-refractivity contribution is 0.106. The fourth-order valence-electron chi connectivity index (χ4n) is 2.89. The molecule has 2 nitrogen and oxygen atoms in total. The zero-order chi connectivity index (χ0) is 9.81. The van der Waals surface area contributed by atoms with E-state index in [2.05, 4.69) is 24.1 Å². The minimum absolute atomic E-state index is 0.382. The number of nitrogens with one attached hydrogen (secondary N) is 1. The van der Waals surface area contributed by atoms with Crippen LogP contribution in [0.5, 0.6) is 0 Å². The van der Waals surface area contributed by atoms with Gasteiger partial charge in [-0.15, -0.1) is 0 Å². The average Bonchev–Trinajstić information content (AvgIpc) is 2.96. The maximum Gasteiger partial charge on any atom is 0.0280 e. The second-order valence-electron chi connectivity index (χ2n) is 6.28. The molecule has 1 saturated heterocycles. The highest BCUT2D eigenvalue weighted by atomic mass is 15.3. The molecule has 1 heterocycles. The lowest BCUT2D eigenvalue weighted by atomic mass is 10.0. The first-order valence-electron chi connectivity index (χ1n) is 6.09. The topological polar surface area (TPSA) is 15.3 Å². The van der Waals surface area contributed by atoms with Crippen LogP contribution in [0.1, 0.15) is 39.5 Å². The van der Waals surface area contributed by atoms with E-state index in [0.717, 1.165) is 6.04 Å². The molecule has 0 radical (unpaired) electrons. The van der Waals surface area contributed by atoms with Gasteiger partial charge in [0.1, 0.15) is 0 Å². The Labute approximate surface area is 87.0 Å². The molecule has 0 aromatic rings. The van der Waals surface area contributed by atoms with Crippen molar-refractivity contribution >= 4 is 0 Å². The largest absolute Gasteiger partial charge is 0.314 e. The van der Waals surface area contributed by atoms with E-state index >= 15 is 0 Å². The Hall–Kier alpha value is -0.0800. The third-order valence-corrected chi connectivity index (χ3v) is 4.29. The van der Waals surface area contributed by atoms with E-state index in [4.69, 9.17) is 0 Å². The molecule has 1 spiro atoms. The molecule has 80 valence electrons. The molecule has 0 aromatic carbocycles. The molecule has 3 rings (SSSR count). The summed E-state index contributed by atoms with van der Waals surface area (Å²) in [6, 6.07) is 0.919. The van der Waals surface area contributed by atoms with E-state index in [9.17, 15) is 0 Å². The molecule has 1 aliphatic heterocycles. The second kappa shape index (κ2) is 2.73. The molecule has 2 aliphatic carbocycles. The van der Waals surface area contributed by atoms with Gasteiger partial charge in [-0.25, -0.2) is 0 Å². The van der Waals surface area contributed by atoms with Crippen molar-refractivity contribution < 1.29 is 0 Å². The summed E-state index contributed by atoms with van der Waals surface area (Å²) in [5.41, 5.74) is 1.06. The van der Waals surface area contributed by atoms with Gasteiger partial charge in [-0.3, -0.25) is 4.90 Å². The molecular formula is C12H22N2. The van der Waals surface area contributed by atoms with Crippen molar-refractivity contribution in [3.63, 3.8) is 0 Å². The minimum Gasteiger partial charge on any atom is -0.314 e. The summed E-state index contributed by atoms with van der Waals surface area (Å²) in [5, 5.41) is 3.66. The van der Waals surface area contributed by atoms with Crippen molar-refractivity contribution in [2.24, 2.45) is 5.41 Å². The Balaban J connectivity index is 1.80. The molecule has 2 saturated carbocycles. The predicted octanol–water partition coefficient (Wildman–Crippen LogP) is 1.61. The van der Waals surface area contributed by atoms with Crippen LogP contribution in [0.4, 0.5) is 0 Å². The molecule has 0 atom stereocenters. The summed E-state index contributed by atoms with van der Waals surface area (Å²) < 4.78 is 0. The Kier molecular flexibility index (Phi) is 1.79. The van der Waals surface area contributed by atoms with E-state index in [0.29, 0.717) is 11.0 Å². The van der Waals surface area contributed by atoms with Crippen molar-refractivity contribution in [2.75, 3.05) is 19.6 Å². The van der Waals surface area contributed by atoms with Gasteiger partial charge >= 0.3 is 0 Å². The highest BCUT2D eigenvalue weighted by Crippen LogP contribution is 2.49. The summed E-state index contributed by atoms with van der Waals surface area (Å²) in [6.07, 6.45) is 5.80. The Morgan fingerprint density at radius 2 is 1.86 bits per heavy atom.